The van der Waals surface area contributed by atoms with Crippen molar-refractivity contribution in [2.24, 2.45) is 4.99 Å². The Bertz CT molecular complexity index is 672. The minimum atomic E-state index is 0. The van der Waals surface area contributed by atoms with Gasteiger partial charge in [-0.25, -0.2) is 0 Å². The van der Waals surface area contributed by atoms with Crippen LogP contribution in [-0.2, 0) is 0 Å². The molecule has 8 heteroatoms. The topological polar surface area (TPSA) is 61.4 Å². The molecule has 1 aromatic carbocycles. The van der Waals surface area contributed by atoms with Crippen LogP contribution in [0.1, 0.15) is 39.0 Å². The zero-order valence-electron chi connectivity index (χ0n) is 19.5. The minimum Gasteiger partial charge on any atom is -0.497 e. The fourth-order valence-electron chi connectivity index (χ4n) is 4.45. The van der Waals surface area contributed by atoms with Gasteiger partial charge in [-0.2, -0.15) is 0 Å². The van der Waals surface area contributed by atoms with Crippen molar-refractivity contribution in [3.8, 4) is 11.5 Å². The Morgan fingerprint density at radius 3 is 2.29 bits per heavy atom. The molecule has 3 rings (SSSR count). The first-order valence-corrected chi connectivity index (χ1v) is 11.3. The zero-order chi connectivity index (χ0) is 21.3. The summed E-state index contributed by atoms with van der Waals surface area (Å²) in [5.41, 5.74) is 1.16. The van der Waals surface area contributed by atoms with Crippen molar-refractivity contribution in [2.45, 2.75) is 51.1 Å². The Labute approximate surface area is 205 Å². The molecule has 0 aliphatic carbocycles. The van der Waals surface area contributed by atoms with E-state index in [0.29, 0.717) is 12.1 Å². The van der Waals surface area contributed by atoms with Crippen LogP contribution < -0.4 is 25.0 Å². The number of aliphatic imine (C=N–C) groups is 1. The molecule has 0 amide bonds. The molecule has 2 saturated heterocycles. The largest absolute Gasteiger partial charge is 0.497 e. The van der Waals surface area contributed by atoms with Crippen molar-refractivity contribution in [3.63, 3.8) is 0 Å². The summed E-state index contributed by atoms with van der Waals surface area (Å²) in [6.07, 6.45) is 6.17. The summed E-state index contributed by atoms with van der Waals surface area (Å²) in [6.45, 7) is 7.58. The van der Waals surface area contributed by atoms with Gasteiger partial charge in [0.25, 0.3) is 0 Å². The molecule has 0 saturated carbocycles. The molecule has 0 aromatic heterocycles. The number of rotatable bonds is 7. The first-order valence-electron chi connectivity index (χ1n) is 11.3. The van der Waals surface area contributed by atoms with Crippen LogP contribution in [0.15, 0.2) is 23.2 Å². The van der Waals surface area contributed by atoms with Crippen molar-refractivity contribution >= 4 is 35.6 Å². The molecule has 31 heavy (non-hydrogen) atoms. The third-order valence-electron chi connectivity index (χ3n) is 6.39. The molecule has 0 bridgehead atoms. The summed E-state index contributed by atoms with van der Waals surface area (Å²) < 4.78 is 10.8. The third kappa shape index (κ3) is 7.59. The summed E-state index contributed by atoms with van der Waals surface area (Å²) >= 11 is 0. The van der Waals surface area contributed by atoms with Crippen molar-refractivity contribution in [1.29, 1.82) is 0 Å². The molecule has 7 nitrogen and oxygen atoms in total. The van der Waals surface area contributed by atoms with E-state index in [1.807, 2.05) is 13.1 Å². The van der Waals surface area contributed by atoms with Gasteiger partial charge >= 0.3 is 0 Å². The highest BCUT2D eigenvalue weighted by Gasteiger charge is 2.22. The lowest BCUT2D eigenvalue weighted by atomic mass is 10.0. The molecule has 1 aromatic rings. The maximum atomic E-state index is 5.42. The van der Waals surface area contributed by atoms with Crippen LogP contribution in [0.25, 0.3) is 0 Å². The number of anilines is 1. The van der Waals surface area contributed by atoms with Gasteiger partial charge in [0.05, 0.1) is 14.2 Å². The predicted molar refractivity (Wildman–Crippen MR) is 140 cm³/mol. The van der Waals surface area contributed by atoms with Crippen LogP contribution in [0.4, 0.5) is 5.69 Å². The first kappa shape index (κ1) is 25.8. The van der Waals surface area contributed by atoms with Crippen LogP contribution in [0.5, 0.6) is 11.5 Å². The standard InChI is InChI=1S/C23H39N5O2.HI/c1-18-7-5-6-11-27(18)14-10-25-23(24-2)26-19-8-12-28(13-9-19)20-15-21(29-3)17-22(16-20)30-4;/h15-19H,5-14H2,1-4H3,(H2,24,25,26);1H. The van der Waals surface area contributed by atoms with E-state index in [1.165, 1.54) is 25.8 Å². The second-order valence-electron chi connectivity index (χ2n) is 8.36. The Kier molecular flexibility index (Phi) is 11.0. The van der Waals surface area contributed by atoms with Gasteiger partial charge in [0.15, 0.2) is 5.96 Å². The molecule has 1 unspecified atom stereocenters. The molecule has 1 atom stereocenters. The lowest BCUT2D eigenvalue weighted by Gasteiger charge is -2.35. The first-order chi connectivity index (χ1) is 14.6. The molecular formula is C23H40IN5O2. The smallest absolute Gasteiger partial charge is 0.191 e. The van der Waals surface area contributed by atoms with Crippen LogP contribution >= 0.6 is 24.0 Å². The molecule has 2 heterocycles. The highest BCUT2D eigenvalue weighted by Crippen LogP contribution is 2.30. The van der Waals surface area contributed by atoms with Gasteiger partial charge in [-0.1, -0.05) is 6.42 Å². The van der Waals surface area contributed by atoms with Crippen molar-refractivity contribution in [2.75, 3.05) is 58.9 Å². The lowest BCUT2D eigenvalue weighted by molar-refractivity contribution is 0.163. The summed E-state index contributed by atoms with van der Waals surface area (Å²) in [7, 11) is 5.25. The number of hydrogen-bond acceptors (Lipinski definition) is 5. The molecule has 2 N–H and O–H groups in total. The van der Waals surface area contributed by atoms with Gasteiger partial charge in [-0.05, 0) is 39.2 Å². The van der Waals surface area contributed by atoms with E-state index in [0.717, 1.165) is 62.2 Å². The van der Waals surface area contributed by atoms with Crippen LogP contribution in [0.3, 0.4) is 0 Å². The van der Waals surface area contributed by atoms with Gasteiger partial charge < -0.3 is 25.0 Å². The summed E-state index contributed by atoms with van der Waals surface area (Å²) in [6, 6.07) is 7.22. The normalized spacial score (nSPS) is 20.7. The fourth-order valence-corrected chi connectivity index (χ4v) is 4.45. The minimum absolute atomic E-state index is 0. The average Bonchev–Trinajstić information content (AvgIpc) is 2.79. The SMILES string of the molecule is CN=C(NCCN1CCCCC1C)NC1CCN(c2cc(OC)cc(OC)c2)CC1.I. The molecule has 2 aliphatic heterocycles. The maximum Gasteiger partial charge on any atom is 0.191 e. The van der Waals surface area contributed by atoms with Gasteiger partial charge in [-0.15, -0.1) is 24.0 Å². The quantitative estimate of drug-likeness (QED) is 0.312. The van der Waals surface area contributed by atoms with Crippen molar-refractivity contribution in [1.82, 2.24) is 15.5 Å². The molecule has 0 spiro atoms. The van der Waals surface area contributed by atoms with Gasteiger partial charge in [-0.3, -0.25) is 9.89 Å². The number of methoxy groups -OCH3 is 2. The van der Waals surface area contributed by atoms with E-state index in [-0.39, 0.29) is 24.0 Å². The van der Waals surface area contributed by atoms with E-state index in [2.05, 4.69) is 44.5 Å². The van der Waals surface area contributed by atoms with Gasteiger partial charge in [0.2, 0.25) is 0 Å². The maximum absolute atomic E-state index is 5.42. The van der Waals surface area contributed by atoms with Crippen LogP contribution in [-0.4, -0.2) is 76.9 Å². The number of ether oxygens (including phenoxy) is 2. The monoisotopic (exact) mass is 545 g/mol. The number of likely N-dealkylation sites (tertiary alicyclic amines) is 1. The number of benzene rings is 1. The highest BCUT2D eigenvalue weighted by molar-refractivity contribution is 14.0. The van der Waals surface area contributed by atoms with E-state index in [4.69, 9.17) is 9.47 Å². The zero-order valence-corrected chi connectivity index (χ0v) is 21.9. The van der Waals surface area contributed by atoms with Gasteiger partial charge in [0, 0.05) is 69.2 Å². The number of hydrogen-bond donors (Lipinski definition) is 2. The third-order valence-corrected chi connectivity index (χ3v) is 6.39. The second-order valence-corrected chi connectivity index (χ2v) is 8.36. The predicted octanol–water partition coefficient (Wildman–Crippen LogP) is 3.33. The average molecular weight is 546 g/mol. The van der Waals surface area contributed by atoms with Crippen LogP contribution in [0.2, 0.25) is 0 Å². The number of halogens is 1. The highest BCUT2D eigenvalue weighted by atomic mass is 127. The Morgan fingerprint density at radius 2 is 1.71 bits per heavy atom. The van der Waals surface area contributed by atoms with E-state index >= 15 is 0 Å². The molecule has 176 valence electrons. The number of guanidine groups is 1. The number of nitrogens with one attached hydrogen (secondary N) is 2. The molecule has 2 fully saturated rings. The lowest BCUT2D eigenvalue weighted by Crippen LogP contribution is -2.50. The Balaban J connectivity index is 0.00000341. The summed E-state index contributed by atoms with van der Waals surface area (Å²) in [5.74, 6) is 2.58. The molecular weight excluding hydrogens is 505 g/mol. The second kappa shape index (κ2) is 13.2. The summed E-state index contributed by atoms with van der Waals surface area (Å²) in [4.78, 5) is 9.42. The fraction of sp³-hybridized carbons (Fsp3) is 0.696. The van der Waals surface area contributed by atoms with E-state index in [1.54, 1.807) is 14.2 Å². The molecule has 0 radical (unpaired) electrons. The van der Waals surface area contributed by atoms with E-state index < -0.39 is 0 Å². The Morgan fingerprint density at radius 1 is 1.03 bits per heavy atom. The Hall–Kier alpha value is -1.42. The number of nitrogens with zero attached hydrogens (tertiary/aromatic N) is 3. The van der Waals surface area contributed by atoms with Crippen LogP contribution in [0, 0.1) is 0 Å². The van der Waals surface area contributed by atoms with E-state index in [9.17, 15) is 0 Å². The van der Waals surface area contributed by atoms with Gasteiger partial charge in [0.1, 0.15) is 11.5 Å². The van der Waals surface area contributed by atoms with Crippen molar-refractivity contribution in [3.05, 3.63) is 18.2 Å². The molecule has 2 aliphatic rings. The number of piperidine rings is 2. The van der Waals surface area contributed by atoms with Crippen molar-refractivity contribution < 1.29 is 9.47 Å². The summed E-state index contributed by atoms with van der Waals surface area (Å²) in [5, 5.41) is 7.12.